The molecule has 0 aliphatic rings. The number of allylic oxidation sites excluding steroid dienone is 1. The lowest BCUT2D eigenvalue weighted by molar-refractivity contribution is 0.249. The Hall–Kier alpha value is -2.70. The van der Waals surface area contributed by atoms with Gasteiger partial charge in [0.15, 0.2) is 0 Å². The van der Waals surface area contributed by atoms with E-state index in [2.05, 4.69) is 15.0 Å². The van der Waals surface area contributed by atoms with Crippen molar-refractivity contribution in [3.63, 3.8) is 0 Å². The van der Waals surface area contributed by atoms with E-state index in [1.54, 1.807) is 36.7 Å². The number of aromatic nitrogens is 2. The van der Waals surface area contributed by atoms with Gasteiger partial charge in [-0.1, -0.05) is 23.7 Å². The number of aryl methyl sites for hydroxylation is 1. The molecule has 2 heterocycles. The van der Waals surface area contributed by atoms with Gasteiger partial charge >= 0.3 is 0 Å². The lowest BCUT2D eigenvalue weighted by Crippen LogP contribution is -2.13. The van der Waals surface area contributed by atoms with Gasteiger partial charge in [-0.25, -0.2) is 9.37 Å². The SMILES string of the molecule is CCN=C(C=C(N)CCc1ccc(F)cc1)C(O)c1c[nH]c2ncc(Cl)cc12. The van der Waals surface area contributed by atoms with Crippen LogP contribution in [0.4, 0.5) is 4.39 Å². The molecule has 0 aliphatic heterocycles. The van der Waals surface area contributed by atoms with Crippen molar-refractivity contribution in [3.05, 3.63) is 76.5 Å². The van der Waals surface area contributed by atoms with E-state index in [0.29, 0.717) is 47.0 Å². The summed E-state index contributed by atoms with van der Waals surface area (Å²) in [6.45, 7) is 2.40. The lowest BCUT2D eigenvalue weighted by atomic mass is 10.0. The zero-order valence-corrected chi connectivity index (χ0v) is 16.2. The fourth-order valence-corrected chi connectivity index (χ4v) is 3.14. The number of aliphatic hydroxyl groups excluding tert-OH is 1. The summed E-state index contributed by atoms with van der Waals surface area (Å²) in [4.78, 5) is 11.7. The van der Waals surface area contributed by atoms with Gasteiger partial charge in [-0.2, -0.15) is 0 Å². The Morgan fingerprint density at radius 3 is 2.86 bits per heavy atom. The van der Waals surface area contributed by atoms with Gasteiger partial charge < -0.3 is 15.8 Å². The van der Waals surface area contributed by atoms with Crippen molar-refractivity contribution in [1.29, 1.82) is 0 Å². The smallest absolute Gasteiger partial charge is 0.137 e. The highest BCUT2D eigenvalue weighted by atomic mass is 35.5. The van der Waals surface area contributed by atoms with Gasteiger partial charge in [0.25, 0.3) is 0 Å². The summed E-state index contributed by atoms with van der Waals surface area (Å²) < 4.78 is 13.0. The Labute approximate surface area is 167 Å². The number of halogens is 2. The molecule has 7 heteroatoms. The number of hydrogen-bond donors (Lipinski definition) is 3. The topological polar surface area (TPSA) is 87.3 Å². The maximum Gasteiger partial charge on any atom is 0.137 e. The number of aliphatic hydroxyl groups is 1. The molecule has 0 fully saturated rings. The van der Waals surface area contributed by atoms with Gasteiger partial charge in [0.1, 0.15) is 17.6 Å². The van der Waals surface area contributed by atoms with Crippen LogP contribution in [0.15, 0.2) is 59.5 Å². The summed E-state index contributed by atoms with van der Waals surface area (Å²) in [5.41, 5.74) is 9.50. The van der Waals surface area contributed by atoms with Crippen LogP contribution >= 0.6 is 11.6 Å². The van der Waals surface area contributed by atoms with Crippen LogP contribution in [0.3, 0.4) is 0 Å². The first-order chi connectivity index (χ1) is 13.5. The van der Waals surface area contributed by atoms with Gasteiger partial charge in [-0.15, -0.1) is 0 Å². The van der Waals surface area contributed by atoms with E-state index >= 15 is 0 Å². The van der Waals surface area contributed by atoms with Crippen LogP contribution in [-0.2, 0) is 6.42 Å². The molecule has 3 aromatic rings. The van der Waals surface area contributed by atoms with Gasteiger partial charge in [0, 0.05) is 35.6 Å². The maximum atomic E-state index is 13.0. The third kappa shape index (κ3) is 4.77. The van der Waals surface area contributed by atoms with Crippen LogP contribution in [0.5, 0.6) is 0 Å². The number of fused-ring (bicyclic) bond motifs is 1. The number of nitrogens with one attached hydrogen (secondary N) is 1. The van der Waals surface area contributed by atoms with E-state index < -0.39 is 6.10 Å². The summed E-state index contributed by atoms with van der Waals surface area (Å²) >= 11 is 6.04. The molecule has 0 saturated carbocycles. The molecular formula is C21H22ClFN4O. The van der Waals surface area contributed by atoms with Crippen LogP contribution < -0.4 is 5.73 Å². The van der Waals surface area contributed by atoms with Crippen LogP contribution in [0.2, 0.25) is 5.02 Å². The molecule has 1 atom stereocenters. The molecule has 0 saturated heterocycles. The zero-order chi connectivity index (χ0) is 20.1. The molecule has 0 bridgehead atoms. The van der Waals surface area contributed by atoms with E-state index in [-0.39, 0.29) is 5.82 Å². The highest BCUT2D eigenvalue weighted by Crippen LogP contribution is 2.27. The fraction of sp³-hybridized carbons (Fsp3) is 0.238. The quantitative estimate of drug-likeness (QED) is 0.516. The normalized spacial score (nSPS) is 13.9. The molecule has 3 rings (SSSR count). The van der Waals surface area contributed by atoms with Crippen LogP contribution in [0.1, 0.15) is 30.6 Å². The number of benzene rings is 1. The third-order valence-electron chi connectivity index (χ3n) is 4.39. The van der Waals surface area contributed by atoms with Crippen molar-refractivity contribution in [3.8, 4) is 0 Å². The van der Waals surface area contributed by atoms with Gasteiger partial charge in [0.05, 0.1) is 10.7 Å². The maximum absolute atomic E-state index is 13.0. The van der Waals surface area contributed by atoms with Crippen molar-refractivity contribution in [1.82, 2.24) is 9.97 Å². The Morgan fingerprint density at radius 1 is 1.39 bits per heavy atom. The highest BCUT2D eigenvalue weighted by Gasteiger charge is 2.18. The van der Waals surface area contributed by atoms with Gasteiger partial charge in [-0.3, -0.25) is 4.99 Å². The number of rotatable bonds is 7. The zero-order valence-electron chi connectivity index (χ0n) is 15.5. The van der Waals surface area contributed by atoms with Crippen molar-refractivity contribution < 1.29 is 9.50 Å². The monoisotopic (exact) mass is 400 g/mol. The Morgan fingerprint density at radius 2 is 2.14 bits per heavy atom. The molecule has 0 spiro atoms. The summed E-state index contributed by atoms with van der Waals surface area (Å²) in [7, 11) is 0. The fourth-order valence-electron chi connectivity index (χ4n) is 2.98. The van der Waals surface area contributed by atoms with E-state index in [9.17, 15) is 9.50 Å². The highest BCUT2D eigenvalue weighted by molar-refractivity contribution is 6.31. The second-order valence-electron chi connectivity index (χ2n) is 6.44. The number of hydrogen-bond acceptors (Lipinski definition) is 4. The summed E-state index contributed by atoms with van der Waals surface area (Å²) in [5, 5.41) is 12.1. The predicted octanol–water partition coefficient (Wildman–Crippen LogP) is 4.33. The first-order valence-corrected chi connectivity index (χ1v) is 9.41. The van der Waals surface area contributed by atoms with Crippen LogP contribution in [-0.4, -0.2) is 27.3 Å². The standard InChI is InChI=1S/C21H22ClFN4O/c1-2-25-19(10-16(24)8-5-13-3-6-15(23)7-4-13)20(28)18-12-27-21-17(18)9-14(22)11-26-21/h3-4,6-7,9-12,20,28H,2,5,8,24H2,1H3,(H,26,27). The molecule has 1 unspecified atom stereocenters. The average Bonchev–Trinajstić information content (AvgIpc) is 3.09. The Bertz CT molecular complexity index is 1010. The summed E-state index contributed by atoms with van der Waals surface area (Å²) in [6, 6.07) is 8.09. The molecule has 146 valence electrons. The van der Waals surface area contributed by atoms with Crippen molar-refractivity contribution in [2.45, 2.75) is 25.9 Å². The minimum absolute atomic E-state index is 0.263. The molecule has 1 aromatic carbocycles. The minimum atomic E-state index is -0.960. The van der Waals surface area contributed by atoms with Crippen LogP contribution in [0.25, 0.3) is 11.0 Å². The molecule has 0 radical (unpaired) electrons. The number of aliphatic imine (C=N–C) groups is 1. The first kappa shape index (κ1) is 20.0. The lowest BCUT2D eigenvalue weighted by Gasteiger charge is -2.12. The number of nitrogens with zero attached hydrogens (tertiary/aromatic N) is 2. The van der Waals surface area contributed by atoms with Gasteiger partial charge in [0.2, 0.25) is 0 Å². The van der Waals surface area contributed by atoms with Crippen molar-refractivity contribution >= 4 is 28.3 Å². The molecule has 4 N–H and O–H groups in total. The average molecular weight is 401 g/mol. The largest absolute Gasteiger partial charge is 0.402 e. The first-order valence-electron chi connectivity index (χ1n) is 9.03. The number of aromatic amines is 1. The van der Waals surface area contributed by atoms with Crippen LogP contribution in [0, 0.1) is 5.82 Å². The Balaban J connectivity index is 1.79. The van der Waals surface area contributed by atoms with E-state index in [1.165, 1.54) is 12.1 Å². The molecule has 28 heavy (non-hydrogen) atoms. The van der Waals surface area contributed by atoms with Crippen molar-refractivity contribution in [2.24, 2.45) is 10.7 Å². The van der Waals surface area contributed by atoms with E-state index in [4.69, 9.17) is 17.3 Å². The third-order valence-corrected chi connectivity index (χ3v) is 4.60. The van der Waals surface area contributed by atoms with Gasteiger partial charge in [-0.05, 0) is 49.6 Å². The summed E-state index contributed by atoms with van der Waals surface area (Å²) in [6.07, 6.45) is 5.23. The minimum Gasteiger partial charge on any atom is -0.402 e. The second kappa shape index (κ2) is 8.99. The molecule has 0 aliphatic carbocycles. The number of H-pyrrole nitrogens is 1. The predicted molar refractivity (Wildman–Crippen MR) is 111 cm³/mol. The van der Waals surface area contributed by atoms with Crippen molar-refractivity contribution in [2.75, 3.05) is 6.54 Å². The summed E-state index contributed by atoms with van der Waals surface area (Å²) in [5.74, 6) is -0.263. The second-order valence-corrected chi connectivity index (χ2v) is 6.88. The molecule has 0 amide bonds. The molecular weight excluding hydrogens is 379 g/mol. The number of pyridine rings is 1. The molecule has 5 nitrogen and oxygen atoms in total. The Kier molecular flexibility index (Phi) is 6.44. The van der Waals surface area contributed by atoms with E-state index in [0.717, 1.165) is 10.9 Å². The number of nitrogens with two attached hydrogens (primary N) is 1. The van der Waals surface area contributed by atoms with E-state index in [1.807, 2.05) is 6.92 Å². The molecule has 2 aromatic heterocycles.